The third-order valence-corrected chi connectivity index (χ3v) is 3.08. The number of nitrogens with zero attached hydrogens (tertiary/aromatic N) is 2. The minimum atomic E-state index is 0.296. The quantitative estimate of drug-likeness (QED) is 0.868. The van der Waals surface area contributed by atoms with E-state index in [9.17, 15) is 0 Å². The normalized spacial score (nSPS) is 10.7. The summed E-state index contributed by atoms with van der Waals surface area (Å²) in [6.45, 7) is 9.77. The molecule has 1 aromatic carbocycles. The Kier molecular flexibility index (Phi) is 5.14. The molecular weight excluding hydrogens is 262 g/mol. The van der Waals surface area contributed by atoms with Gasteiger partial charge in [0.15, 0.2) is 0 Å². The van der Waals surface area contributed by atoms with Gasteiger partial charge < -0.3 is 10.1 Å². The Hall–Kier alpha value is -2.10. The molecule has 0 amide bonds. The standard InChI is InChI=1S/C17H23N3O/c1-5-18-16-11-15(19-17(20-16)12(3)4)13-7-9-14(10-8-13)21-6-2/h7-12H,5-6H2,1-4H3,(H,18,19,20). The fourth-order valence-corrected chi connectivity index (χ4v) is 2.03. The molecule has 0 fully saturated rings. The minimum absolute atomic E-state index is 0.296. The van der Waals surface area contributed by atoms with Gasteiger partial charge in [0.2, 0.25) is 0 Å². The topological polar surface area (TPSA) is 47.0 Å². The van der Waals surface area contributed by atoms with Gasteiger partial charge >= 0.3 is 0 Å². The highest BCUT2D eigenvalue weighted by atomic mass is 16.5. The molecule has 2 rings (SSSR count). The number of aromatic nitrogens is 2. The summed E-state index contributed by atoms with van der Waals surface area (Å²) in [7, 11) is 0. The van der Waals surface area contributed by atoms with Crippen LogP contribution in [0.25, 0.3) is 11.3 Å². The molecule has 0 unspecified atom stereocenters. The molecule has 112 valence electrons. The number of ether oxygens (including phenoxy) is 1. The molecule has 4 nitrogen and oxygen atoms in total. The van der Waals surface area contributed by atoms with Gasteiger partial charge in [-0.2, -0.15) is 0 Å². The zero-order chi connectivity index (χ0) is 15.2. The van der Waals surface area contributed by atoms with Crippen LogP contribution < -0.4 is 10.1 Å². The molecule has 0 spiro atoms. The average Bonchev–Trinajstić information content (AvgIpc) is 2.48. The molecule has 2 aromatic rings. The fraction of sp³-hybridized carbons (Fsp3) is 0.412. The Morgan fingerprint density at radius 3 is 2.38 bits per heavy atom. The Morgan fingerprint density at radius 2 is 1.81 bits per heavy atom. The maximum atomic E-state index is 5.48. The number of benzene rings is 1. The van der Waals surface area contributed by atoms with Gasteiger partial charge in [-0.1, -0.05) is 13.8 Å². The summed E-state index contributed by atoms with van der Waals surface area (Å²) in [5.41, 5.74) is 2.01. The molecule has 21 heavy (non-hydrogen) atoms. The van der Waals surface area contributed by atoms with E-state index in [2.05, 4.69) is 36.1 Å². The summed E-state index contributed by atoms with van der Waals surface area (Å²) in [6.07, 6.45) is 0. The summed E-state index contributed by atoms with van der Waals surface area (Å²) in [5, 5.41) is 3.27. The molecule has 0 bridgehead atoms. The average molecular weight is 285 g/mol. The van der Waals surface area contributed by atoms with E-state index in [-0.39, 0.29) is 0 Å². The minimum Gasteiger partial charge on any atom is -0.494 e. The number of hydrogen-bond donors (Lipinski definition) is 1. The van der Waals surface area contributed by atoms with Gasteiger partial charge in [-0.25, -0.2) is 9.97 Å². The third-order valence-electron chi connectivity index (χ3n) is 3.08. The van der Waals surface area contributed by atoms with Gasteiger partial charge in [0.1, 0.15) is 17.4 Å². The van der Waals surface area contributed by atoms with E-state index < -0.39 is 0 Å². The predicted octanol–water partition coefficient (Wildman–Crippen LogP) is 4.10. The van der Waals surface area contributed by atoms with Crippen LogP contribution in [0.2, 0.25) is 0 Å². The Labute approximate surface area is 126 Å². The third kappa shape index (κ3) is 3.94. The lowest BCUT2D eigenvalue weighted by atomic mass is 10.1. The van der Waals surface area contributed by atoms with Crippen LogP contribution in [0.1, 0.15) is 39.4 Å². The highest BCUT2D eigenvalue weighted by Gasteiger charge is 2.09. The lowest BCUT2D eigenvalue weighted by Crippen LogP contribution is -2.05. The summed E-state index contributed by atoms with van der Waals surface area (Å²) < 4.78 is 5.48. The molecule has 0 aliphatic heterocycles. The number of nitrogens with one attached hydrogen (secondary N) is 1. The molecule has 1 aromatic heterocycles. The van der Waals surface area contributed by atoms with Crippen molar-refractivity contribution in [2.45, 2.75) is 33.6 Å². The van der Waals surface area contributed by atoms with Crippen LogP contribution in [0.3, 0.4) is 0 Å². The van der Waals surface area contributed by atoms with Crippen LogP contribution in [0.5, 0.6) is 5.75 Å². The molecule has 0 atom stereocenters. The Balaban J connectivity index is 2.36. The number of hydrogen-bond acceptors (Lipinski definition) is 4. The van der Waals surface area contributed by atoms with Crippen LogP contribution in [-0.2, 0) is 0 Å². The van der Waals surface area contributed by atoms with Crippen molar-refractivity contribution in [3.63, 3.8) is 0 Å². The van der Waals surface area contributed by atoms with Crippen molar-refractivity contribution in [3.05, 3.63) is 36.2 Å². The first-order chi connectivity index (χ1) is 10.1. The lowest BCUT2D eigenvalue weighted by molar-refractivity contribution is 0.340. The molecule has 1 heterocycles. The maximum absolute atomic E-state index is 5.48. The van der Waals surface area contributed by atoms with Gasteiger partial charge in [0.05, 0.1) is 12.3 Å². The molecule has 0 saturated carbocycles. The van der Waals surface area contributed by atoms with Gasteiger partial charge in [-0.3, -0.25) is 0 Å². The van der Waals surface area contributed by atoms with Crippen molar-refractivity contribution in [3.8, 4) is 17.0 Å². The molecule has 4 heteroatoms. The number of rotatable bonds is 6. The maximum Gasteiger partial charge on any atom is 0.133 e. The first-order valence-electron chi connectivity index (χ1n) is 7.50. The highest BCUT2D eigenvalue weighted by Crippen LogP contribution is 2.24. The predicted molar refractivity (Wildman–Crippen MR) is 86.9 cm³/mol. The van der Waals surface area contributed by atoms with Gasteiger partial charge in [-0.15, -0.1) is 0 Å². The first kappa shape index (κ1) is 15.3. The smallest absolute Gasteiger partial charge is 0.133 e. The van der Waals surface area contributed by atoms with E-state index in [0.29, 0.717) is 12.5 Å². The fourth-order valence-electron chi connectivity index (χ4n) is 2.03. The zero-order valence-corrected chi connectivity index (χ0v) is 13.2. The molecule has 0 aliphatic carbocycles. The van der Waals surface area contributed by atoms with Crippen molar-refractivity contribution in [1.82, 2.24) is 9.97 Å². The van der Waals surface area contributed by atoms with Gasteiger partial charge in [0, 0.05) is 24.1 Å². The van der Waals surface area contributed by atoms with Crippen molar-refractivity contribution in [2.24, 2.45) is 0 Å². The second kappa shape index (κ2) is 7.07. The summed E-state index contributed by atoms with van der Waals surface area (Å²) in [5.74, 6) is 2.91. The highest BCUT2D eigenvalue weighted by molar-refractivity contribution is 5.63. The Morgan fingerprint density at radius 1 is 1.10 bits per heavy atom. The molecule has 0 radical (unpaired) electrons. The second-order valence-electron chi connectivity index (χ2n) is 5.14. The van der Waals surface area contributed by atoms with Crippen LogP contribution in [-0.4, -0.2) is 23.1 Å². The summed E-state index contributed by atoms with van der Waals surface area (Å²) in [4.78, 5) is 9.22. The molecule has 0 aliphatic rings. The van der Waals surface area contributed by atoms with E-state index in [4.69, 9.17) is 4.74 Å². The Bertz CT molecular complexity index is 579. The lowest BCUT2D eigenvalue weighted by Gasteiger charge is -2.11. The van der Waals surface area contributed by atoms with E-state index in [0.717, 1.165) is 35.2 Å². The first-order valence-corrected chi connectivity index (χ1v) is 7.50. The largest absolute Gasteiger partial charge is 0.494 e. The van der Waals surface area contributed by atoms with Crippen molar-refractivity contribution < 1.29 is 4.74 Å². The molecule has 1 N–H and O–H groups in total. The van der Waals surface area contributed by atoms with E-state index in [1.807, 2.05) is 37.3 Å². The van der Waals surface area contributed by atoms with Gasteiger partial charge in [0.25, 0.3) is 0 Å². The van der Waals surface area contributed by atoms with E-state index >= 15 is 0 Å². The van der Waals surface area contributed by atoms with Crippen LogP contribution in [0, 0.1) is 0 Å². The second-order valence-corrected chi connectivity index (χ2v) is 5.14. The van der Waals surface area contributed by atoms with E-state index in [1.54, 1.807) is 0 Å². The summed E-state index contributed by atoms with van der Waals surface area (Å²) in [6, 6.07) is 10.0. The SMILES string of the molecule is CCNc1cc(-c2ccc(OCC)cc2)nc(C(C)C)n1. The monoisotopic (exact) mass is 285 g/mol. The van der Waals surface area contributed by atoms with Crippen molar-refractivity contribution in [2.75, 3.05) is 18.5 Å². The van der Waals surface area contributed by atoms with Crippen LogP contribution >= 0.6 is 0 Å². The van der Waals surface area contributed by atoms with Gasteiger partial charge in [-0.05, 0) is 38.1 Å². The van der Waals surface area contributed by atoms with Crippen molar-refractivity contribution >= 4 is 5.82 Å². The van der Waals surface area contributed by atoms with Crippen molar-refractivity contribution in [1.29, 1.82) is 0 Å². The zero-order valence-electron chi connectivity index (χ0n) is 13.2. The van der Waals surface area contributed by atoms with E-state index in [1.165, 1.54) is 0 Å². The molecule has 0 saturated heterocycles. The number of anilines is 1. The summed E-state index contributed by atoms with van der Waals surface area (Å²) >= 11 is 0. The van der Waals surface area contributed by atoms with Crippen LogP contribution in [0.15, 0.2) is 30.3 Å². The molecular formula is C17H23N3O. The van der Waals surface area contributed by atoms with Crippen LogP contribution in [0.4, 0.5) is 5.82 Å².